The average Bonchev–Trinajstić information content (AvgIpc) is 3.32. The Bertz CT molecular complexity index is 1310. The molecule has 0 radical (unpaired) electrons. The van der Waals surface area contributed by atoms with E-state index >= 15 is 0 Å². The van der Waals surface area contributed by atoms with Gasteiger partial charge in [0, 0.05) is 19.1 Å². The van der Waals surface area contributed by atoms with Crippen molar-refractivity contribution in [3.8, 4) is 0 Å². The van der Waals surface area contributed by atoms with Gasteiger partial charge < -0.3 is 15.2 Å². The first-order valence-electron chi connectivity index (χ1n) is 10.4. The van der Waals surface area contributed by atoms with Gasteiger partial charge in [-0.3, -0.25) is 0 Å². The van der Waals surface area contributed by atoms with Crippen LogP contribution in [0.25, 0.3) is 0 Å². The zero-order chi connectivity index (χ0) is 25.5. The summed E-state index contributed by atoms with van der Waals surface area (Å²) >= 11 is 0. The van der Waals surface area contributed by atoms with Crippen LogP contribution in [0.5, 0.6) is 0 Å². The third-order valence-corrected chi connectivity index (χ3v) is 8.76. The molecule has 1 aliphatic heterocycles. The minimum absolute atomic E-state index is 0.000808. The van der Waals surface area contributed by atoms with Crippen LogP contribution in [0.15, 0.2) is 46.3 Å². The summed E-state index contributed by atoms with van der Waals surface area (Å²) in [5.41, 5.74) is -1.41. The number of carboxylic acids is 1. The van der Waals surface area contributed by atoms with Gasteiger partial charge in [0.05, 0.1) is 4.90 Å². The van der Waals surface area contributed by atoms with Crippen molar-refractivity contribution in [2.75, 3.05) is 13.1 Å². The molecule has 1 aromatic carbocycles. The van der Waals surface area contributed by atoms with Crippen LogP contribution in [-0.4, -0.2) is 67.0 Å². The van der Waals surface area contributed by atoms with E-state index in [0.29, 0.717) is 3.97 Å². The van der Waals surface area contributed by atoms with Crippen LogP contribution in [0.1, 0.15) is 43.2 Å². The quantitative estimate of drug-likeness (QED) is 0.595. The molecule has 1 saturated heterocycles. The SMILES string of the molecule is Cc1cc(S(=O)(=O)N2CC[C@H](NC(=O)OC(C)(C)C)C2)n(S(=O)(=O)c2ccccc2)c1C(=O)O. The third kappa shape index (κ3) is 5.10. The van der Waals surface area contributed by atoms with E-state index in [2.05, 4.69) is 5.32 Å². The summed E-state index contributed by atoms with van der Waals surface area (Å²) in [4.78, 5) is 23.7. The minimum atomic E-state index is -4.55. The number of rotatable bonds is 6. The maximum atomic E-state index is 13.5. The van der Waals surface area contributed by atoms with Crippen LogP contribution in [0.2, 0.25) is 0 Å². The topological polar surface area (TPSA) is 152 Å². The number of carbonyl (C=O) groups excluding carboxylic acids is 1. The predicted molar refractivity (Wildman–Crippen MR) is 122 cm³/mol. The molecule has 0 unspecified atom stereocenters. The largest absolute Gasteiger partial charge is 0.477 e. The normalized spacial score (nSPS) is 17.5. The summed E-state index contributed by atoms with van der Waals surface area (Å²) in [6.07, 6.45) is -0.425. The zero-order valence-electron chi connectivity index (χ0n) is 19.2. The number of benzene rings is 1. The molecule has 1 amide bonds. The zero-order valence-corrected chi connectivity index (χ0v) is 20.8. The Morgan fingerprint density at radius 3 is 2.26 bits per heavy atom. The summed E-state index contributed by atoms with van der Waals surface area (Å²) in [5.74, 6) is -1.58. The van der Waals surface area contributed by atoms with Crippen LogP contribution in [-0.2, 0) is 24.8 Å². The van der Waals surface area contributed by atoms with Crippen molar-refractivity contribution >= 4 is 32.1 Å². The van der Waals surface area contributed by atoms with Gasteiger partial charge in [-0.05, 0) is 57.9 Å². The van der Waals surface area contributed by atoms with Gasteiger partial charge >= 0.3 is 12.1 Å². The number of aromatic nitrogens is 1. The number of nitrogens with zero attached hydrogens (tertiary/aromatic N) is 2. The first-order chi connectivity index (χ1) is 15.6. The number of carbonyl (C=O) groups is 2. The second-order valence-electron chi connectivity index (χ2n) is 8.90. The molecule has 1 aromatic heterocycles. The molecule has 0 aliphatic carbocycles. The smallest absolute Gasteiger partial charge is 0.407 e. The monoisotopic (exact) mass is 513 g/mol. The molecule has 11 nitrogen and oxygen atoms in total. The van der Waals surface area contributed by atoms with Crippen LogP contribution >= 0.6 is 0 Å². The molecule has 0 saturated carbocycles. The number of nitrogens with one attached hydrogen (secondary N) is 1. The lowest BCUT2D eigenvalue weighted by Crippen LogP contribution is -2.41. The fourth-order valence-corrected chi connectivity index (χ4v) is 7.28. The lowest BCUT2D eigenvalue weighted by molar-refractivity contribution is 0.0506. The number of ether oxygens (including phenoxy) is 1. The molecule has 2 N–H and O–H groups in total. The number of carboxylic acid groups (broad SMARTS) is 1. The standard InChI is InChI=1S/C21H27N3O8S2/c1-14-12-17(24(18(14)19(25)26)33(28,29)16-8-6-5-7-9-16)34(30,31)23-11-10-15(13-23)22-20(27)32-21(2,3)4/h5-9,12,15H,10-11,13H2,1-4H3,(H,22,27)(H,25,26)/t15-/m0/s1. The van der Waals surface area contributed by atoms with Crippen molar-refractivity contribution in [3.63, 3.8) is 0 Å². The molecule has 34 heavy (non-hydrogen) atoms. The summed E-state index contributed by atoms with van der Waals surface area (Å²) < 4.78 is 60.2. The summed E-state index contributed by atoms with van der Waals surface area (Å²) in [6.45, 7) is 6.29. The Morgan fingerprint density at radius 1 is 1.09 bits per heavy atom. The van der Waals surface area contributed by atoms with Gasteiger partial charge in [0.15, 0.2) is 5.03 Å². The first kappa shape index (κ1) is 25.7. The molecule has 13 heteroatoms. The molecule has 1 fully saturated rings. The highest BCUT2D eigenvalue weighted by molar-refractivity contribution is 7.92. The summed E-state index contributed by atoms with van der Waals surface area (Å²) in [5, 5.41) is 11.6. The van der Waals surface area contributed by atoms with E-state index in [1.807, 2.05) is 0 Å². The summed E-state index contributed by atoms with van der Waals surface area (Å²) in [6, 6.07) is 7.47. The number of alkyl carbamates (subject to hydrolysis) is 1. The van der Waals surface area contributed by atoms with Crippen molar-refractivity contribution in [2.24, 2.45) is 0 Å². The lowest BCUT2D eigenvalue weighted by Gasteiger charge is -2.22. The van der Waals surface area contributed by atoms with Gasteiger partial charge in [0.2, 0.25) is 0 Å². The van der Waals surface area contributed by atoms with E-state index < -0.39 is 54.5 Å². The van der Waals surface area contributed by atoms with E-state index in [1.165, 1.54) is 31.2 Å². The van der Waals surface area contributed by atoms with E-state index in [1.54, 1.807) is 26.8 Å². The van der Waals surface area contributed by atoms with E-state index in [0.717, 1.165) is 10.4 Å². The highest BCUT2D eigenvalue weighted by atomic mass is 32.2. The maximum absolute atomic E-state index is 13.5. The van der Waals surface area contributed by atoms with Crippen molar-refractivity contribution in [3.05, 3.63) is 47.7 Å². The third-order valence-electron chi connectivity index (χ3n) is 5.08. The molecule has 0 bridgehead atoms. The molecule has 2 aromatic rings. The Labute approximate surface area is 198 Å². The fourth-order valence-electron chi connectivity index (χ4n) is 3.62. The van der Waals surface area contributed by atoms with E-state index in [4.69, 9.17) is 4.74 Å². The number of sulfonamides is 1. The Kier molecular flexibility index (Phi) is 6.84. The minimum Gasteiger partial charge on any atom is -0.477 e. The Hall–Kier alpha value is -2.90. The van der Waals surface area contributed by atoms with Crippen molar-refractivity contribution in [1.29, 1.82) is 0 Å². The highest BCUT2D eigenvalue weighted by Crippen LogP contribution is 2.30. The number of amides is 1. The van der Waals surface area contributed by atoms with Crippen LogP contribution in [0.4, 0.5) is 4.79 Å². The van der Waals surface area contributed by atoms with Gasteiger partial charge in [0.1, 0.15) is 11.3 Å². The van der Waals surface area contributed by atoms with Crippen molar-refractivity contribution in [2.45, 2.75) is 55.7 Å². The second kappa shape index (κ2) is 9.04. The summed E-state index contributed by atoms with van der Waals surface area (Å²) in [7, 11) is -8.99. The molecule has 0 spiro atoms. The first-order valence-corrected chi connectivity index (χ1v) is 13.3. The van der Waals surface area contributed by atoms with E-state index in [9.17, 15) is 31.5 Å². The van der Waals surface area contributed by atoms with Gasteiger partial charge in [-0.1, -0.05) is 18.2 Å². The molecule has 186 valence electrons. The van der Waals surface area contributed by atoms with Crippen molar-refractivity contribution in [1.82, 2.24) is 13.6 Å². The molecular weight excluding hydrogens is 486 g/mol. The van der Waals surface area contributed by atoms with Gasteiger partial charge in [-0.25, -0.2) is 30.4 Å². The van der Waals surface area contributed by atoms with Crippen LogP contribution < -0.4 is 5.32 Å². The van der Waals surface area contributed by atoms with Crippen LogP contribution in [0.3, 0.4) is 0 Å². The second-order valence-corrected chi connectivity index (χ2v) is 12.6. The lowest BCUT2D eigenvalue weighted by atomic mass is 10.2. The van der Waals surface area contributed by atoms with E-state index in [-0.39, 0.29) is 30.0 Å². The number of hydrogen-bond donors (Lipinski definition) is 2. The van der Waals surface area contributed by atoms with Crippen molar-refractivity contribution < 1.29 is 36.3 Å². The van der Waals surface area contributed by atoms with Gasteiger partial charge in [0.25, 0.3) is 20.0 Å². The fraction of sp³-hybridized carbons (Fsp3) is 0.429. The molecule has 1 aliphatic rings. The molecule has 2 heterocycles. The number of aromatic carboxylic acids is 1. The molecule has 3 rings (SSSR count). The molecule has 1 atom stereocenters. The predicted octanol–water partition coefficient (Wildman–Crippen LogP) is 2.02. The average molecular weight is 514 g/mol. The number of aryl methyl sites for hydroxylation is 1. The molecular formula is C21H27N3O8S2. The number of hydrogen-bond acceptors (Lipinski definition) is 7. The maximum Gasteiger partial charge on any atom is 0.407 e. The Morgan fingerprint density at radius 2 is 1.71 bits per heavy atom. The highest BCUT2D eigenvalue weighted by Gasteiger charge is 2.40. The van der Waals surface area contributed by atoms with Gasteiger partial charge in [-0.15, -0.1) is 0 Å². The van der Waals surface area contributed by atoms with Crippen LogP contribution in [0, 0.1) is 6.92 Å². The van der Waals surface area contributed by atoms with Gasteiger partial charge in [-0.2, -0.15) is 4.31 Å². The Balaban J connectivity index is 2.00.